The molecule has 0 bridgehead atoms. The van der Waals surface area contributed by atoms with Crippen molar-refractivity contribution in [3.63, 3.8) is 0 Å². The number of ether oxygens (including phenoxy) is 4. The van der Waals surface area contributed by atoms with E-state index >= 15 is 0 Å². The van der Waals surface area contributed by atoms with Crippen LogP contribution in [0, 0.1) is 0 Å². The first-order valence-electron chi connectivity index (χ1n) is 11.2. The summed E-state index contributed by atoms with van der Waals surface area (Å²) < 4.78 is 22.9. The molecule has 3 aromatic carbocycles. The molecule has 0 aliphatic carbocycles. The number of rotatable bonds is 8. The Labute approximate surface area is 207 Å². The van der Waals surface area contributed by atoms with Crippen molar-refractivity contribution < 1.29 is 23.7 Å². The molecule has 0 fully saturated rings. The normalized spacial score (nSPS) is 11.0. The van der Waals surface area contributed by atoms with Gasteiger partial charge in [-0.3, -0.25) is 4.79 Å². The van der Waals surface area contributed by atoms with Crippen LogP contribution in [0.1, 0.15) is 28.7 Å². The van der Waals surface area contributed by atoms with Crippen molar-refractivity contribution in [1.29, 1.82) is 0 Å². The molecule has 1 heterocycles. The van der Waals surface area contributed by atoms with E-state index in [9.17, 15) is 9.59 Å². The van der Waals surface area contributed by atoms with Crippen LogP contribution in [0.25, 0.3) is 10.9 Å². The number of esters is 1. The van der Waals surface area contributed by atoms with Gasteiger partial charge in [0.2, 0.25) is 5.75 Å². The first-order chi connectivity index (χ1) is 17.5. The zero-order chi connectivity index (χ0) is 25.7. The first-order valence-corrected chi connectivity index (χ1v) is 11.2. The summed E-state index contributed by atoms with van der Waals surface area (Å²) in [6.45, 7) is 1.90. The van der Waals surface area contributed by atoms with E-state index in [0.29, 0.717) is 46.0 Å². The Kier molecular flexibility index (Phi) is 7.29. The predicted molar refractivity (Wildman–Crippen MR) is 136 cm³/mol. The standard InChI is InChI=1S/C27H25N3O6/c1-5-24-29-20-12-8-7-11-19(20)26(31)30(24)28-16-17-10-6-9-13-21(17)36-27(32)18-14-22(33-2)25(35-4)23(15-18)34-3/h6-16H,5H2,1-4H3. The molecule has 0 unspecified atom stereocenters. The Morgan fingerprint density at radius 1 is 0.944 bits per heavy atom. The third-order valence-corrected chi connectivity index (χ3v) is 5.47. The Morgan fingerprint density at radius 2 is 1.61 bits per heavy atom. The fourth-order valence-corrected chi connectivity index (χ4v) is 3.68. The van der Waals surface area contributed by atoms with Crippen LogP contribution in [-0.2, 0) is 6.42 Å². The number of nitrogens with zero attached hydrogens (tertiary/aromatic N) is 3. The van der Waals surface area contributed by atoms with Crippen LogP contribution in [0.3, 0.4) is 0 Å². The molecule has 0 aliphatic rings. The van der Waals surface area contributed by atoms with Crippen LogP contribution in [0.5, 0.6) is 23.0 Å². The van der Waals surface area contributed by atoms with E-state index in [2.05, 4.69) is 10.1 Å². The van der Waals surface area contributed by atoms with Gasteiger partial charge in [0.05, 0.1) is 44.0 Å². The van der Waals surface area contributed by atoms with E-state index in [0.717, 1.165) is 0 Å². The van der Waals surface area contributed by atoms with E-state index < -0.39 is 5.97 Å². The molecule has 0 saturated carbocycles. The van der Waals surface area contributed by atoms with Crippen molar-refractivity contribution in [3.05, 3.63) is 88.0 Å². The third-order valence-electron chi connectivity index (χ3n) is 5.47. The second kappa shape index (κ2) is 10.7. The summed E-state index contributed by atoms with van der Waals surface area (Å²) in [6.07, 6.45) is 1.98. The number of fused-ring (bicyclic) bond motifs is 1. The molecular weight excluding hydrogens is 462 g/mol. The molecule has 0 saturated heterocycles. The smallest absolute Gasteiger partial charge is 0.343 e. The minimum absolute atomic E-state index is 0.208. The highest BCUT2D eigenvalue weighted by Gasteiger charge is 2.19. The second-order valence-electron chi connectivity index (χ2n) is 7.60. The first kappa shape index (κ1) is 24.5. The van der Waals surface area contributed by atoms with Crippen LogP contribution in [0.4, 0.5) is 0 Å². The van der Waals surface area contributed by atoms with Crippen LogP contribution in [0.2, 0.25) is 0 Å². The number of carbonyl (C=O) groups excluding carboxylic acids is 1. The molecule has 0 aliphatic heterocycles. The molecule has 9 nitrogen and oxygen atoms in total. The minimum atomic E-state index is -0.631. The molecule has 0 spiro atoms. The number of para-hydroxylation sites is 2. The van der Waals surface area contributed by atoms with Gasteiger partial charge in [-0.05, 0) is 36.4 Å². The van der Waals surface area contributed by atoms with Gasteiger partial charge < -0.3 is 18.9 Å². The number of hydrogen-bond donors (Lipinski definition) is 0. The molecular formula is C27H25N3O6. The lowest BCUT2D eigenvalue weighted by Gasteiger charge is -2.14. The quantitative estimate of drug-likeness (QED) is 0.210. The van der Waals surface area contributed by atoms with Gasteiger partial charge >= 0.3 is 5.97 Å². The van der Waals surface area contributed by atoms with E-state index in [1.165, 1.54) is 44.4 Å². The maximum Gasteiger partial charge on any atom is 0.343 e. The number of benzene rings is 3. The summed E-state index contributed by atoms with van der Waals surface area (Å²) in [5.74, 6) is 1.17. The molecule has 4 rings (SSSR count). The highest BCUT2D eigenvalue weighted by molar-refractivity contribution is 5.94. The summed E-state index contributed by atoms with van der Waals surface area (Å²) in [6, 6.07) is 17.0. The predicted octanol–water partition coefficient (Wildman–Crippen LogP) is 4.09. The Morgan fingerprint density at radius 3 is 2.28 bits per heavy atom. The summed E-state index contributed by atoms with van der Waals surface area (Å²) in [5, 5.41) is 4.85. The third kappa shape index (κ3) is 4.76. The highest BCUT2D eigenvalue weighted by Crippen LogP contribution is 2.38. The lowest BCUT2D eigenvalue weighted by atomic mass is 10.1. The molecule has 0 N–H and O–H groups in total. The van der Waals surface area contributed by atoms with Crippen LogP contribution in [0.15, 0.2) is 70.6 Å². The van der Waals surface area contributed by atoms with E-state index in [-0.39, 0.29) is 16.9 Å². The van der Waals surface area contributed by atoms with Gasteiger partial charge in [-0.25, -0.2) is 9.78 Å². The maximum atomic E-state index is 13.0. The summed E-state index contributed by atoms with van der Waals surface area (Å²) in [4.78, 5) is 30.6. The fourth-order valence-electron chi connectivity index (χ4n) is 3.68. The van der Waals surface area contributed by atoms with Gasteiger partial charge in [0.15, 0.2) is 11.5 Å². The average Bonchev–Trinajstić information content (AvgIpc) is 2.92. The van der Waals surface area contributed by atoms with Gasteiger partial charge in [0.25, 0.3) is 5.56 Å². The molecule has 0 radical (unpaired) electrons. The van der Waals surface area contributed by atoms with Gasteiger partial charge in [-0.1, -0.05) is 31.2 Å². The zero-order valence-corrected chi connectivity index (χ0v) is 20.3. The molecule has 0 amide bonds. The monoisotopic (exact) mass is 487 g/mol. The van der Waals surface area contributed by atoms with Crippen molar-refractivity contribution in [2.75, 3.05) is 21.3 Å². The molecule has 0 atom stereocenters. The summed E-state index contributed by atoms with van der Waals surface area (Å²) >= 11 is 0. The minimum Gasteiger partial charge on any atom is -0.493 e. The lowest BCUT2D eigenvalue weighted by molar-refractivity contribution is 0.0733. The Bertz CT molecular complexity index is 1480. The summed E-state index contributed by atoms with van der Waals surface area (Å²) in [5.41, 5.74) is 1.05. The molecule has 4 aromatic rings. The highest BCUT2D eigenvalue weighted by atomic mass is 16.5. The maximum absolute atomic E-state index is 13.0. The topological polar surface area (TPSA) is 101 Å². The average molecular weight is 488 g/mol. The second-order valence-corrected chi connectivity index (χ2v) is 7.60. The van der Waals surface area contributed by atoms with Gasteiger partial charge in [0, 0.05) is 12.0 Å². The van der Waals surface area contributed by atoms with Gasteiger partial charge in [-0.15, -0.1) is 0 Å². The largest absolute Gasteiger partial charge is 0.493 e. The SMILES string of the molecule is CCc1nc2ccccc2c(=O)n1N=Cc1ccccc1OC(=O)c1cc(OC)c(OC)c(OC)c1. The van der Waals surface area contributed by atoms with Crippen LogP contribution < -0.4 is 24.5 Å². The van der Waals surface area contributed by atoms with Crippen molar-refractivity contribution in [2.24, 2.45) is 5.10 Å². The molecule has 9 heteroatoms. The molecule has 184 valence electrons. The van der Waals surface area contributed by atoms with Crippen molar-refractivity contribution in [1.82, 2.24) is 9.66 Å². The van der Waals surface area contributed by atoms with Crippen molar-refractivity contribution in [3.8, 4) is 23.0 Å². The number of methoxy groups -OCH3 is 3. The molecule has 36 heavy (non-hydrogen) atoms. The van der Waals surface area contributed by atoms with Crippen molar-refractivity contribution in [2.45, 2.75) is 13.3 Å². The Balaban J connectivity index is 1.68. The number of aryl methyl sites for hydroxylation is 1. The fraction of sp³-hybridized carbons (Fsp3) is 0.185. The van der Waals surface area contributed by atoms with Gasteiger partial charge in [-0.2, -0.15) is 9.78 Å². The van der Waals surface area contributed by atoms with E-state index in [1.807, 2.05) is 13.0 Å². The van der Waals surface area contributed by atoms with E-state index in [1.54, 1.807) is 42.5 Å². The zero-order valence-electron chi connectivity index (χ0n) is 20.3. The van der Waals surface area contributed by atoms with Crippen molar-refractivity contribution >= 4 is 23.1 Å². The summed E-state index contributed by atoms with van der Waals surface area (Å²) in [7, 11) is 4.41. The number of carbonyl (C=O) groups is 1. The Hall–Kier alpha value is -4.66. The van der Waals surface area contributed by atoms with E-state index in [4.69, 9.17) is 18.9 Å². The van der Waals surface area contributed by atoms with Crippen LogP contribution in [-0.4, -0.2) is 43.2 Å². The lowest BCUT2D eigenvalue weighted by Crippen LogP contribution is -2.22. The number of hydrogen-bond acceptors (Lipinski definition) is 8. The van der Waals surface area contributed by atoms with Gasteiger partial charge in [0.1, 0.15) is 11.6 Å². The van der Waals surface area contributed by atoms with Crippen LogP contribution >= 0.6 is 0 Å². The molecule has 1 aromatic heterocycles. The number of aromatic nitrogens is 2.